The van der Waals surface area contributed by atoms with Gasteiger partial charge in [0.2, 0.25) is 5.91 Å². The van der Waals surface area contributed by atoms with Crippen molar-refractivity contribution in [3.63, 3.8) is 0 Å². The van der Waals surface area contributed by atoms with E-state index in [0.29, 0.717) is 37.4 Å². The maximum Gasteiger partial charge on any atom is 0.334 e. The molecule has 0 aliphatic carbocycles. The molecule has 0 bridgehead atoms. The average molecular weight is 328 g/mol. The van der Waals surface area contributed by atoms with Gasteiger partial charge in [-0.2, -0.15) is 0 Å². The van der Waals surface area contributed by atoms with E-state index in [1.807, 2.05) is 24.0 Å². The minimum absolute atomic E-state index is 0.139. The molecular formula is C17H20N4O3. The summed E-state index contributed by atoms with van der Waals surface area (Å²) in [6, 6.07) is 8.66. The van der Waals surface area contributed by atoms with Crippen LogP contribution < -0.4 is 21.9 Å². The normalized spacial score (nSPS) is 15.5. The van der Waals surface area contributed by atoms with Crippen LogP contribution in [0.25, 0.3) is 5.69 Å². The highest BCUT2D eigenvalue weighted by atomic mass is 16.2. The van der Waals surface area contributed by atoms with Crippen LogP contribution in [0.2, 0.25) is 0 Å². The first-order valence-corrected chi connectivity index (χ1v) is 7.94. The van der Waals surface area contributed by atoms with Gasteiger partial charge in [-0.3, -0.25) is 14.6 Å². The van der Waals surface area contributed by atoms with Crippen LogP contribution in [0, 0.1) is 12.8 Å². The molecule has 7 heteroatoms. The number of carbonyl (C=O) groups excluding carboxylic acids is 1. The van der Waals surface area contributed by atoms with Crippen molar-refractivity contribution in [2.45, 2.75) is 19.8 Å². The summed E-state index contributed by atoms with van der Waals surface area (Å²) in [7, 11) is 0. The molecule has 0 spiro atoms. The van der Waals surface area contributed by atoms with Crippen molar-refractivity contribution in [3.8, 4) is 5.69 Å². The number of benzene rings is 1. The van der Waals surface area contributed by atoms with Crippen LogP contribution in [0.3, 0.4) is 0 Å². The Hall–Kier alpha value is -2.83. The van der Waals surface area contributed by atoms with Gasteiger partial charge in [0, 0.05) is 25.1 Å². The molecule has 2 heterocycles. The molecule has 24 heavy (non-hydrogen) atoms. The average Bonchev–Trinajstić information content (AvgIpc) is 2.56. The van der Waals surface area contributed by atoms with Gasteiger partial charge < -0.3 is 10.6 Å². The number of hydrogen-bond acceptors (Lipinski definition) is 4. The predicted molar refractivity (Wildman–Crippen MR) is 91.5 cm³/mol. The van der Waals surface area contributed by atoms with E-state index >= 15 is 0 Å². The van der Waals surface area contributed by atoms with Crippen LogP contribution >= 0.6 is 0 Å². The summed E-state index contributed by atoms with van der Waals surface area (Å²) in [6.07, 6.45) is 1.25. The maximum absolute atomic E-state index is 12.5. The van der Waals surface area contributed by atoms with Crippen LogP contribution in [-0.2, 0) is 4.79 Å². The van der Waals surface area contributed by atoms with Crippen LogP contribution in [0.4, 0.5) is 5.82 Å². The molecule has 0 atom stereocenters. The second kappa shape index (κ2) is 6.35. The molecule has 3 N–H and O–H groups in total. The van der Waals surface area contributed by atoms with Crippen molar-refractivity contribution in [2.75, 3.05) is 18.0 Å². The van der Waals surface area contributed by atoms with Gasteiger partial charge in [-0.05, 0) is 31.4 Å². The molecule has 1 saturated heterocycles. The zero-order chi connectivity index (χ0) is 17.3. The third-order valence-electron chi connectivity index (χ3n) is 4.51. The van der Waals surface area contributed by atoms with Gasteiger partial charge in [-0.1, -0.05) is 18.2 Å². The molecule has 0 unspecified atom stereocenters. The fourth-order valence-corrected chi connectivity index (χ4v) is 3.10. The summed E-state index contributed by atoms with van der Waals surface area (Å²) in [5, 5.41) is 0. The Balaban J connectivity index is 1.92. The number of anilines is 1. The number of nitrogens with one attached hydrogen (secondary N) is 1. The number of para-hydroxylation sites is 1. The van der Waals surface area contributed by atoms with Crippen molar-refractivity contribution in [3.05, 3.63) is 56.7 Å². The third kappa shape index (κ3) is 2.97. The fourth-order valence-electron chi connectivity index (χ4n) is 3.10. The van der Waals surface area contributed by atoms with Gasteiger partial charge in [0.05, 0.1) is 5.69 Å². The summed E-state index contributed by atoms with van der Waals surface area (Å²) in [5.41, 5.74) is 5.91. The van der Waals surface area contributed by atoms with E-state index < -0.39 is 5.69 Å². The van der Waals surface area contributed by atoms with Crippen LogP contribution in [0.5, 0.6) is 0 Å². The van der Waals surface area contributed by atoms with Gasteiger partial charge in [0.15, 0.2) is 0 Å². The van der Waals surface area contributed by atoms with Crippen LogP contribution in [-0.4, -0.2) is 28.5 Å². The molecule has 1 aromatic carbocycles. The quantitative estimate of drug-likeness (QED) is 0.858. The van der Waals surface area contributed by atoms with Crippen molar-refractivity contribution in [1.82, 2.24) is 9.55 Å². The number of H-pyrrole nitrogens is 1. The van der Waals surface area contributed by atoms with Crippen molar-refractivity contribution in [1.29, 1.82) is 0 Å². The van der Waals surface area contributed by atoms with Gasteiger partial charge in [0.25, 0.3) is 5.56 Å². The lowest BCUT2D eigenvalue weighted by molar-refractivity contribution is -0.122. The molecule has 1 amide bonds. The largest absolute Gasteiger partial charge is 0.369 e. The minimum Gasteiger partial charge on any atom is -0.369 e. The number of carbonyl (C=O) groups is 1. The van der Waals surface area contributed by atoms with Crippen LogP contribution in [0.1, 0.15) is 18.4 Å². The van der Waals surface area contributed by atoms with E-state index in [1.54, 1.807) is 12.1 Å². The van der Waals surface area contributed by atoms with E-state index in [2.05, 4.69) is 4.98 Å². The Bertz CT molecular complexity index is 845. The molecule has 126 valence electrons. The fraction of sp³-hybridized carbons (Fsp3) is 0.353. The maximum atomic E-state index is 12.5. The SMILES string of the molecule is Cc1ccccc1-n1c(=O)cc(N2CCC(C(N)=O)CC2)[nH]c1=O. The molecule has 1 fully saturated rings. The van der Waals surface area contributed by atoms with Gasteiger partial charge in [-0.25, -0.2) is 9.36 Å². The Morgan fingerprint density at radius 2 is 1.88 bits per heavy atom. The molecule has 1 aromatic heterocycles. The van der Waals surface area contributed by atoms with Gasteiger partial charge in [0.1, 0.15) is 5.82 Å². The Morgan fingerprint density at radius 3 is 2.46 bits per heavy atom. The lowest BCUT2D eigenvalue weighted by Gasteiger charge is -2.31. The number of nitrogens with zero attached hydrogens (tertiary/aromatic N) is 2. The first kappa shape index (κ1) is 16.0. The smallest absolute Gasteiger partial charge is 0.334 e. The predicted octanol–water partition coefficient (Wildman–Crippen LogP) is 0.536. The number of piperidine rings is 1. The van der Waals surface area contributed by atoms with E-state index in [-0.39, 0.29) is 17.4 Å². The topological polar surface area (TPSA) is 101 Å². The minimum atomic E-state index is -0.469. The Kier molecular flexibility index (Phi) is 4.24. The zero-order valence-corrected chi connectivity index (χ0v) is 13.5. The molecule has 0 radical (unpaired) electrons. The second-order valence-electron chi connectivity index (χ2n) is 6.08. The summed E-state index contributed by atoms with van der Waals surface area (Å²) in [4.78, 5) is 40.8. The number of rotatable bonds is 3. The summed E-state index contributed by atoms with van der Waals surface area (Å²) >= 11 is 0. The summed E-state index contributed by atoms with van der Waals surface area (Å²) in [5.74, 6) is 0.0520. The van der Waals surface area contributed by atoms with E-state index in [9.17, 15) is 14.4 Å². The number of aryl methyl sites for hydroxylation is 1. The van der Waals surface area contributed by atoms with E-state index in [0.717, 1.165) is 10.1 Å². The standard InChI is InChI=1S/C17H20N4O3/c1-11-4-2-3-5-13(11)21-15(22)10-14(19-17(21)24)20-8-6-12(7-9-20)16(18)23/h2-5,10,12H,6-9H2,1H3,(H2,18,23)(H,19,24). The molecule has 1 aliphatic heterocycles. The third-order valence-corrected chi connectivity index (χ3v) is 4.51. The summed E-state index contributed by atoms with van der Waals surface area (Å²) < 4.78 is 1.13. The Morgan fingerprint density at radius 1 is 1.21 bits per heavy atom. The molecule has 3 rings (SSSR count). The first-order valence-electron chi connectivity index (χ1n) is 7.94. The van der Waals surface area contributed by atoms with Gasteiger partial charge in [-0.15, -0.1) is 0 Å². The first-order chi connectivity index (χ1) is 11.5. The molecular weight excluding hydrogens is 308 g/mol. The second-order valence-corrected chi connectivity index (χ2v) is 6.08. The number of amides is 1. The molecule has 2 aromatic rings. The zero-order valence-electron chi connectivity index (χ0n) is 13.5. The lowest BCUT2D eigenvalue weighted by Crippen LogP contribution is -2.42. The number of aromatic amines is 1. The molecule has 0 saturated carbocycles. The van der Waals surface area contributed by atoms with Gasteiger partial charge >= 0.3 is 5.69 Å². The number of nitrogens with two attached hydrogens (primary N) is 1. The van der Waals surface area contributed by atoms with Crippen molar-refractivity contribution < 1.29 is 4.79 Å². The highest BCUT2D eigenvalue weighted by Gasteiger charge is 2.24. The number of aromatic nitrogens is 2. The van der Waals surface area contributed by atoms with Crippen LogP contribution in [0.15, 0.2) is 39.9 Å². The van der Waals surface area contributed by atoms with E-state index in [1.165, 1.54) is 6.07 Å². The number of primary amides is 1. The monoisotopic (exact) mass is 328 g/mol. The highest BCUT2D eigenvalue weighted by Crippen LogP contribution is 2.20. The molecule has 7 nitrogen and oxygen atoms in total. The highest BCUT2D eigenvalue weighted by molar-refractivity contribution is 5.76. The molecule has 1 aliphatic rings. The van der Waals surface area contributed by atoms with E-state index in [4.69, 9.17) is 5.73 Å². The Labute approximate surface area is 138 Å². The lowest BCUT2D eigenvalue weighted by atomic mass is 9.96. The van der Waals surface area contributed by atoms with Crippen molar-refractivity contribution in [2.24, 2.45) is 11.7 Å². The number of hydrogen-bond donors (Lipinski definition) is 2. The van der Waals surface area contributed by atoms with Crippen molar-refractivity contribution >= 4 is 11.7 Å². The summed E-state index contributed by atoms with van der Waals surface area (Å²) in [6.45, 7) is 3.01.